The van der Waals surface area contributed by atoms with Crippen LogP contribution >= 0.6 is 0 Å². The second-order valence-corrected chi connectivity index (χ2v) is 5.99. The lowest BCUT2D eigenvalue weighted by molar-refractivity contribution is -0.116. The van der Waals surface area contributed by atoms with Crippen molar-refractivity contribution in [2.45, 2.75) is 32.8 Å². The van der Waals surface area contributed by atoms with Crippen molar-refractivity contribution < 1.29 is 14.1 Å². The van der Waals surface area contributed by atoms with Crippen molar-refractivity contribution in [3.63, 3.8) is 0 Å². The Labute approximate surface area is 151 Å². The van der Waals surface area contributed by atoms with E-state index >= 15 is 0 Å². The van der Waals surface area contributed by atoms with Crippen LogP contribution in [0.3, 0.4) is 0 Å². The summed E-state index contributed by atoms with van der Waals surface area (Å²) in [6.45, 7) is 3.93. The van der Waals surface area contributed by atoms with E-state index in [-0.39, 0.29) is 18.4 Å². The third-order valence-corrected chi connectivity index (χ3v) is 3.46. The maximum Gasteiger partial charge on any atom is 0.227 e. The number of aryl methyl sites for hydroxylation is 1. The fraction of sp³-hybridized carbons (Fsp3) is 0.263. The molecular weight excluding hydrogens is 332 g/mol. The van der Waals surface area contributed by atoms with E-state index in [2.05, 4.69) is 20.4 Å². The number of rotatable bonds is 7. The molecule has 1 N–H and O–H groups in total. The Bertz CT molecular complexity index is 845. The van der Waals surface area contributed by atoms with Crippen LogP contribution < -0.4 is 10.1 Å². The summed E-state index contributed by atoms with van der Waals surface area (Å²) in [6, 6.07) is 10.9. The lowest BCUT2D eigenvalue weighted by atomic mass is 10.2. The molecule has 7 heteroatoms. The van der Waals surface area contributed by atoms with Gasteiger partial charge in [-0.3, -0.25) is 9.78 Å². The summed E-state index contributed by atoms with van der Waals surface area (Å²) in [4.78, 5) is 20.4. The molecule has 3 rings (SSSR count). The smallest absolute Gasteiger partial charge is 0.227 e. The van der Waals surface area contributed by atoms with E-state index in [4.69, 9.17) is 9.26 Å². The summed E-state index contributed by atoms with van der Waals surface area (Å²) in [5.74, 6) is 1.53. The Balaban J connectivity index is 1.50. The Morgan fingerprint density at radius 2 is 2.04 bits per heavy atom. The highest BCUT2D eigenvalue weighted by molar-refractivity contribution is 5.90. The Hall–Kier alpha value is -3.22. The number of hydrogen-bond donors (Lipinski definition) is 1. The first-order valence-corrected chi connectivity index (χ1v) is 8.40. The molecule has 0 aliphatic heterocycles. The van der Waals surface area contributed by atoms with Gasteiger partial charge in [0.25, 0.3) is 0 Å². The molecule has 1 aromatic carbocycles. The van der Waals surface area contributed by atoms with E-state index < -0.39 is 0 Å². The Morgan fingerprint density at radius 1 is 1.23 bits per heavy atom. The zero-order chi connectivity index (χ0) is 18.4. The van der Waals surface area contributed by atoms with E-state index in [1.54, 1.807) is 18.5 Å². The van der Waals surface area contributed by atoms with E-state index in [9.17, 15) is 4.79 Å². The number of pyridine rings is 1. The number of ether oxygens (including phenoxy) is 1. The highest BCUT2D eigenvalue weighted by atomic mass is 16.5. The number of anilines is 1. The fourth-order valence-electron chi connectivity index (χ4n) is 2.30. The molecule has 134 valence electrons. The molecule has 0 fully saturated rings. The van der Waals surface area contributed by atoms with Crippen molar-refractivity contribution in [2.75, 3.05) is 5.32 Å². The molecule has 7 nitrogen and oxygen atoms in total. The minimum atomic E-state index is -0.122. The van der Waals surface area contributed by atoms with Crippen LogP contribution in [0, 0.1) is 0 Å². The maximum absolute atomic E-state index is 12.1. The predicted molar refractivity (Wildman–Crippen MR) is 96.7 cm³/mol. The molecule has 0 aliphatic carbocycles. The molecule has 3 aromatic rings. The van der Waals surface area contributed by atoms with Crippen molar-refractivity contribution >= 4 is 11.6 Å². The van der Waals surface area contributed by atoms with Gasteiger partial charge in [-0.1, -0.05) is 5.16 Å². The van der Waals surface area contributed by atoms with Crippen molar-refractivity contribution in [1.29, 1.82) is 0 Å². The van der Waals surface area contributed by atoms with E-state index in [1.165, 1.54) is 0 Å². The number of carbonyl (C=O) groups excluding carboxylic acids is 1. The normalized spacial score (nSPS) is 10.7. The zero-order valence-electron chi connectivity index (χ0n) is 14.7. The van der Waals surface area contributed by atoms with Crippen LogP contribution in [0.2, 0.25) is 0 Å². The molecule has 0 spiro atoms. The third kappa shape index (κ3) is 4.89. The van der Waals surface area contributed by atoms with Crippen LogP contribution in [0.15, 0.2) is 53.3 Å². The Kier molecular flexibility index (Phi) is 5.58. The van der Waals surface area contributed by atoms with Crippen LogP contribution in [0.1, 0.15) is 26.2 Å². The summed E-state index contributed by atoms with van der Waals surface area (Å²) in [5.41, 5.74) is 1.49. The molecule has 0 atom stereocenters. The number of aromatic nitrogens is 3. The second-order valence-electron chi connectivity index (χ2n) is 5.99. The van der Waals surface area contributed by atoms with Crippen LogP contribution in [0.25, 0.3) is 11.4 Å². The summed E-state index contributed by atoms with van der Waals surface area (Å²) < 4.78 is 10.8. The van der Waals surface area contributed by atoms with Gasteiger partial charge in [0.1, 0.15) is 5.75 Å². The average molecular weight is 352 g/mol. The molecule has 2 aromatic heterocycles. The highest BCUT2D eigenvalue weighted by Crippen LogP contribution is 2.18. The van der Waals surface area contributed by atoms with Crippen molar-refractivity contribution in [2.24, 2.45) is 0 Å². The first-order valence-electron chi connectivity index (χ1n) is 8.40. The van der Waals surface area contributed by atoms with Crippen molar-refractivity contribution in [1.82, 2.24) is 15.1 Å². The van der Waals surface area contributed by atoms with E-state index in [1.807, 2.05) is 44.2 Å². The van der Waals surface area contributed by atoms with Gasteiger partial charge >= 0.3 is 0 Å². The van der Waals surface area contributed by atoms with Crippen LogP contribution in [0.5, 0.6) is 5.75 Å². The largest absolute Gasteiger partial charge is 0.491 e. The molecular formula is C19H20N4O3. The number of amides is 1. The monoisotopic (exact) mass is 352 g/mol. The quantitative estimate of drug-likeness (QED) is 0.700. The van der Waals surface area contributed by atoms with Gasteiger partial charge in [0.15, 0.2) is 0 Å². The minimum absolute atomic E-state index is 0.112. The maximum atomic E-state index is 12.1. The number of carbonyl (C=O) groups is 1. The number of nitrogens with one attached hydrogen (secondary N) is 1. The minimum Gasteiger partial charge on any atom is -0.491 e. The van der Waals surface area contributed by atoms with Crippen LogP contribution in [-0.2, 0) is 11.2 Å². The molecule has 0 unspecified atom stereocenters. The number of nitrogens with zero attached hydrogens (tertiary/aromatic N) is 3. The van der Waals surface area contributed by atoms with Crippen molar-refractivity contribution in [3.8, 4) is 17.1 Å². The van der Waals surface area contributed by atoms with Gasteiger partial charge in [-0.05, 0) is 50.2 Å². The molecule has 2 heterocycles. The predicted octanol–water partition coefficient (Wildman–Crippen LogP) is 3.49. The SMILES string of the molecule is CC(C)Oc1ccc(NC(=O)CCc2nc(-c3cccnc3)no2)cc1. The standard InChI is InChI=1S/C19H20N4O3/c1-13(2)25-16-7-5-15(6-8-16)21-17(24)9-10-18-22-19(23-26-18)14-4-3-11-20-12-14/h3-8,11-13H,9-10H2,1-2H3,(H,21,24). The molecule has 1 amide bonds. The van der Waals surface area contributed by atoms with Crippen LogP contribution in [-0.4, -0.2) is 27.1 Å². The molecule has 26 heavy (non-hydrogen) atoms. The number of hydrogen-bond acceptors (Lipinski definition) is 6. The van der Waals surface area contributed by atoms with Gasteiger partial charge in [-0.25, -0.2) is 0 Å². The number of benzene rings is 1. The molecule has 0 saturated carbocycles. The van der Waals surface area contributed by atoms with Gasteiger partial charge in [0.2, 0.25) is 17.6 Å². The van der Waals surface area contributed by atoms with Crippen molar-refractivity contribution in [3.05, 3.63) is 54.7 Å². The summed E-state index contributed by atoms with van der Waals surface area (Å²) in [5, 5.41) is 6.75. The van der Waals surface area contributed by atoms with E-state index in [0.29, 0.717) is 23.8 Å². The fourth-order valence-corrected chi connectivity index (χ4v) is 2.30. The second kappa shape index (κ2) is 8.24. The van der Waals surface area contributed by atoms with Crippen LogP contribution in [0.4, 0.5) is 5.69 Å². The lowest BCUT2D eigenvalue weighted by Crippen LogP contribution is -2.12. The first kappa shape index (κ1) is 17.6. The highest BCUT2D eigenvalue weighted by Gasteiger charge is 2.11. The lowest BCUT2D eigenvalue weighted by Gasteiger charge is -2.10. The van der Waals surface area contributed by atoms with Gasteiger partial charge in [-0.15, -0.1) is 0 Å². The Morgan fingerprint density at radius 3 is 2.73 bits per heavy atom. The average Bonchev–Trinajstić information content (AvgIpc) is 3.11. The third-order valence-electron chi connectivity index (χ3n) is 3.46. The molecule has 0 radical (unpaired) electrons. The topological polar surface area (TPSA) is 90.1 Å². The zero-order valence-corrected chi connectivity index (χ0v) is 14.7. The molecule has 0 aliphatic rings. The summed E-state index contributed by atoms with van der Waals surface area (Å²) >= 11 is 0. The van der Waals surface area contributed by atoms with Gasteiger partial charge < -0.3 is 14.6 Å². The molecule has 0 saturated heterocycles. The van der Waals surface area contributed by atoms with Gasteiger partial charge in [-0.2, -0.15) is 4.98 Å². The van der Waals surface area contributed by atoms with Gasteiger partial charge in [0, 0.05) is 36.5 Å². The summed E-state index contributed by atoms with van der Waals surface area (Å²) in [6.07, 6.45) is 4.07. The molecule has 0 bridgehead atoms. The van der Waals surface area contributed by atoms with Gasteiger partial charge in [0.05, 0.1) is 6.10 Å². The summed E-state index contributed by atoms with van der Waals surface area (Å²) in [7, 11) is 0. The first-order chi connectivity index (χ1) is 12.6. The van der Waals surface area contributed by atoms with E-state index in [0.717, 1.165) is 11.3 Å².